The molecule has 10 amide bonds. The van der Waals surface area contributed by atoms with E-state index in [1.807, 2.05) is 55.6 Å². The molecule has 1 saturated heterocycles. The summed E-state index contributed by atoms with van der Waals surface area (Å²) in [6.07, 6.45) is 12.4. The van der Waals surface area contributed by atoms with Crippen molar-refractivity contribution in [3.8, 4) is 0 Å². The van der Waals surface area contributed by atoms with Gasteiger partial charge in [-0.1, -0.05) is 99.8 Å². The highest BCUT2D eigenvalue weighted by Gasteiger charge is 2.42. The highest BCUT2D eigenvalue weighted by molar-refractivity contribution is 6.00. The number of unbranched alkanes of at least 4 members (excludes halogenated alkanes) is 5. The minimum Gasteiger partial charge on any atom is -0.448 e. The first-order valence-electron chi connectivity index (χ1n) is 30.8. The Morgan fingerprint density at radius 2 is 1.14 bits per heavy atom. The van der Waals surface area contributed by atoms with Crippen molar-refractivity contribution in [2.75, 3.05) is 33.7 Å². The summed E-state index contributed by atoms with van der Waals surface area (Å²) in [5, 5.41) is 25.6. The number of nitrogens with one attached hydrogen (secondary N) is 9. The van der Waals surface area contributed by atoms with E-state index in [0.29, 0.717) is 31.7 Å². The standard InChI is InChI=1S/C61H106N12O11/c1-17-18-19-20-21-22-26-42(64-53(79)47-27-25-32-73(47)54(80)46-36-84-41(8)63-46)49(75)65-44(34-39(4)5)51(77)69-59(11,12)56(82)67-43(33-38(2)3)50(76)66-45(35-40(6)7)52(78)70-60(13,14)57(83)71-58(9,10)55(81)62-31-28-48(74)68-61(37-72(15)16)29-23-24-30-61/h36,38-40,42-45,47H,17-35,37H2,1-16H3,(H,62,81)(H,64,79)(H,65,75)(H,66,76)(H,67,82)(H,68,74)(H,69,77)(H,70,78)(H,71,83)/t42-,43-,44-,45-,47-/m0/s1. The lowest BCUT2D eigenvalue weighted by Crippen LogP contribution is -2.65. The minimum atomic E-state index is -1.64. The number of aromatic nitrogens is 1. The van der Waals surface area contributed by atoms with Gasteiger partial charge >= 0.3 is 0 Å². The van der Waals surface area contributed by atoms with E-state index in [-0.39, 0.29) is 73.5 Å². The van der Waals surface area contributed by atoms with Crippen LogP contribution in [0, 0.1) is 24.7 Å². The predicted octanol–water partition coefficient (Wildman–Crippen LogP) is 4.60. The van der Waals surface area contributed by atoms with Gasteiger partial charge in [-0.25, -0.2) is 4.98 Å². The Labute approximate surface area is 500 Å². The van der Waals surface area contributed by atoms with Crippen molar-refractivity contribution >= 4 is 59.1 Å². The molecule has 1 aromatic heterocycles. The highest BCUT2D eigenvalue weighted by atomic mass is 16.3. The van der Waals surface area contributed by atoms with Crippen molar-refractivity contribution in [2.24, 2.45) is 17.8 Å². The quantitative estimate of drug-likeness (QED) is 0.0421. The summed E-state index contributed by atoms with van der Waals surface area (Å²) < 4.78 is 5.25. The molecule has 3 rings (SSSR count). The third kappa shape index (κ3) is 23.4. The van der Waals surface area contributed by atoms with Crippen LogP contribution in [0.1, 0.15) is 216 Å². The van der Waals surface area contributed by atoms with Gasteiger partial charge in [-0.15, -0.1) is 0 Å². The van der Waals surface area contributed by atoms with Gasteiger partial charge in [-0.3, -0.25) is 47.9 Å². The maximum atomic E-state index is 14.3. The molecular formula is C61H106N12O11. The van der Waals surface area contributed by atoms with E-state index < -0.39 is 100.0 Å². The summed E-state index contributed by atoms with van der Waals surface area (Å²) in [4.78, 5) is 146. The van der Waals surface area contributed by atoms with Crippen molar-refractivity contribution < 1.29 is 52.4 Å². The fourth-order valence-electron chi connectivity index (χ4n) is 10.8. The second-order valence-electron chi connectivity index (χ2n) is 26.6. The maximum absolute atomic E-state index is 14.3. The fourth-order valence-corrected chi connectivity index (χ4v) is 10.8. The molecule has 5 atom stereocenters. The van der Waals surface area contributed by atoms with Gasteiger partial charge in [0, 0.05) is 33.0 Å². The van der Waals surface area contributed by atoms with Crippen molar-refractivity contribution in [3.63, 3.8) is 0 Å². The minimum absolute atomic E-state index is 0.0465. The number of hydrogen-bond acceptors (Lipinski definition) is 13. The summed E-state index contributed by atoms with van der Waals surface area (Å²) in [6.45, 7) is 25.0. The van der Waals surface area contributed by atoms with Crippen molar-refractivity contribution in [3.05, 3.63) is 17.8 Å². The zero-order valence-corrected chi connectivity index (χ0v) is 53.7. The first-order valence-corrected chi connectivity index (χ1v) is 30.8. The van der Waals surface area contributed by atoms with Crippen LogP contribution in [-0.2, 0) is 43.2 Å². The van der Waals surface area contributed by atoms with E-state index >= 15 is 0 Å². The van der Waals surface area contributed by atoms with Gasteiger partial charge in [0.15, 0.2) is 11.6 Å². The number of likely N-dealkylation sites (N-methyl/N-ethyl adjacent to an activating group) is 1. The molecule has 23 nitrogen and oxygen atoms in total. The van der Waals surface area contributed by atoms with Gasteiger partial charge in [0.2, 0.25) is 53.2 Å². The predicted molar refractivity (Wildman–Crippen MR) is 322 cm³/mol. The maximum Gasteiger partial charge on any atom is 0.276 e. The van der Waals surface area contributed by atoms with Crippen LogP contribution >= 0.6 is 0 Å². The van der Waals surface area contributed by atoms with Crippen LogP contribution in [0.2, 0.25) is 0 Å². The molecule has 0 unspecified atom stereocenters. The van der Waals surface area contributed by atoms with Crippen LogP contribution in [0.4, 0.5) is 0 Å². The molecular weight excluding hydrogens is 1080 g/mol. The molecule has 2 aliphatic rings. The second kappa shape index (κ2) is 33.0. The van der Waals surface area contributed by atoms with E-state index in [9.17, 15) is 47.9 Å². The average Bonchev–Trinajstić information content (AvgIpc) is 3.89. The summed E-state index contributed by atoms with van der Waals surface area (Å²) in [5.41, 5.74) is -4.89. The Hall–Kier alpha value is -6.13. The van der Waals surface area contributed by atoms with Gasteiger partial charge in [0.05, 0.1) is 5.54 Å². The lowest BCUT2D eigenvalue weighted by atomic mass is 9.96. The molecule has 9 N–H and O–H groups in total. The third-order valence-corrected chi connectivity index (χ3v) is 15.4. The Kier molecular flexibility index (Phi) is 28.3. The lowest BCUT2D eigenvalue weighted by molar-refractivity contribution is -0.139. The number of oxazole rings is 1. The normalized spacial score (nSPS) is 16.8. The zero-order valence-electron chi connectivity index (χ0n) is 53.7. The molecule has 0 aromatic carbocycles. The lowest BCUT2D eigenvalue weighted by Gasteiger charge is -2.34. The highest BCUT2D eigenvalue weighted by Crippen LogP contribution is 2.30. The van der Waals surface area contributed by atoms with Crippen LogP contribution in [-0.4, -0.2) is 160 Å². The molecule has 84 heavy (non-hydrogen) atoms. The van der Waals surface area contributed by atoms with E-state index in [0.717, 1.165) is 64.3 Å². The molecule has 0 bridgehead atoms. The Morgan fingerprint density at radius 1 is 0.643 bits per heavy atom. The van der Waals surface area contributed by atoms with E-state index in [4.69, 9.17) is 4.42 Å². The SMILES string of the molecule is CCCCCCCC[C@H](NC(=O)[C@@H]1CCCN1C(=O)c1coc(C)n1)C(=O)N[C@@H](CC(C)C)C(=O)NC(C)(C)C(=O)N[C@@H](CC(C)C)C(=O)N[C@@H](CC(C)C)C(=O)NC(C)(C)C(=O)NC(C)(C)C(=O)NCCC(=O)NC1(CN(C)C)CCCC1. The Balaban J connectivity index is 1.71. The molecule has 23 heteroatoms. The largest absolute Gasteiger partial charge is 0.448 e. The molecule has 1 saturated carbocycles. The summed E-state index contributed by atoms with van der Waals surface area (Å²) in [6, 6.07) is -5.37. The molecule has 476 valence electrons. The monoisotopic (exact) mass is 1180 g/mol. The molecule has 2 heterocycles. The molecule has 0 radical (unpaired) electrons. The van der Waals surface area contributed by atoms with Crippen molar-refractivity contribution in [2.45, 2.75) is 258 Å². The molecule has 0 spiro atoms. The number of carbonyl (C=O) groups is 10. The number of rotatable bonds is 35. The Bertz CT molecular complexity index is 2390. The molecule has 1 aliphatic carbocycles. The van der Waals surface area contributed by atoms with Gasteiger partial charge in [-0.2, -0.15) is 0 Å². The van der Waals surface area contributed by atoms with E-state index in [1.165, 1.54) is 52.7 Å². The summed E-state index contributed by atoms with van der Waals surface area (Å²) in [5.74, 6) is -5.69. The first kappa shape index (κ1) is 72.1. The molecule has 2 fully saturated rings. The number of aryl methyl sites for hydroxylation is 1. The number of amides is 10. The summed E-state index contributed by atoms with van der Waals surface area (Å²) in [7, 11) is 3.94. The van der Waals surface area contributed by atoms with Gasteiger partial charge in [0.1, 0.15) is 53.1 Å². The summed E-state index contributed by atoms with van der Waals surface area (Å²) >= 11 is 0. The van der Waals surface area contributed by atoms with Crippen LogP contribution in [0.3, 0.4) is 0 Å². The smallest absolute Gasteiger partial charge is 0.276 e. The van der Waals surface area contributed by atoms with Crippen molar-refractivity contribution in [1.82, 2.24) is 62.6 Å². The number of nitrogens with zero attached hydrogens (tertiary/aromatic N) is 3. The van der Waals surface area contributed by atoms with Gasteiger partial charge < -0.3 is 62.1 Å². The van der Waals surface area contributed by atoms with Crippen LogP contribution in [0.25, 0.3) is 0 Å². The van der Waals surface area contributed by atoms with Crippen LogP contribution in [0.5, 0.6) is 0 Å². The van der Waals surface area contributed by atoms with E-state index in [1.54, 1.807) is 6.92 Å². The molecule has 1 aromatic rings. The van der Waals surface area contributed by atoms with Crippen molar-refractivity contribution in [1.29, 1.82) is 0 Å². The van der Waals surface area contributed by atoms with Gasteiger partial charge in [-0.05, 0) is 125 Å². The van der Waals surface area contributed by atoms with Crippen LogP contribution < -0.4 is 47.9 Å². The van der Waals surface area contributed by atoms with Crippen LogP contribution in [0.15, 0.2) is 10.7 Å². The van der Waals surface area contributed by atoms with E-state index in [2.05, 4.69) is 64.7 Å². The number of carbonyl (C=O) groups excluding carboxylic acids is 10. The zero-order chi connectivity index (χ0) is 63.3. The second-order valence-corrected chi connectivity index (χ2v) is 26.6. The average molecular weight is 1180 g/mol. The number of likely N-dealkylation sites (tertiary alicyclic amines) is 1. The first-order chi connectivity index (χ1) is 39.1. The fraction of sp³-hybridized carbons (Fsp3) is 0.787. The Morgan fingerprint density at radius 3 is 1.65 bits per heavy atom. The topological polar surface area (TPSA) is 311 Å². The number of hydrogen-bond donors (Lipinski definition) is 9. The molecule has 1 aliphatic heterocycles. The van der Waals surface area contributed by atoms with Gasteiger partial charge in [0.25, 0.3) is 5.91 Å². The third-order valence-electron chi connectivity index (χ3n) is 15.4.